The van der Waals surface area contributed by atoms with Crippen molar-refractivity contribution in [3.05, 3.63) is 60.2 Å². The molecule has 2 aromatic carbocycles. The summed E-state index contributed by atoms with van der Waals surface area (Å²) >= 11 is 5.82. The van der Waals surface area contributed by atoms with Gasteiger partial charge in [0, 0.05) is 37.9 Å². The zero-order valence-electron chi connectivity index (χ0n) is 22.7. The fraction of sp³-hybridized carbons (Fsp3) is 0.370. The SMILES string of the molecule is CCN(CCN)C(=O)CCC(NCl)C(=O)NC(Cc1ccc(OC(F)(F)F)cc1)C(=O)Nc1cc2ccccc2nn1. The molecule has 0 aliphatic carbocycles. The average Bonchev–Trinajstić information content (AvgIpc) is 2.95. The Hall–Kier alpha value is -4.01. The maximum Gasteiger partial charge on any atom is 0.573 e. The van der Waals surface area contributed by atoms with Crippen LogP contribution < -0.4 is 25.9 Å². The van der Waals surface area contributed by atoms with Gasteiger partial charge in [0.05, 0.1) is 5.52 Å². The lowest BCUT2D eigenvalue weighted by Gasteiger charge is -2.23. The molecule has 0 aliphatic heterocycles. The van der Waals surface area contributed by atoms with E-state index in [4.69, 9.17) is 17.5 Å². The molecule has 0 saturated heterocycles. The number of ether oxygens (including phenoxy) is 1. The second kappa shape index (κ2) is 15.3. The minimum absolute atomic E-state index is 0.00411. The van der Waals surface area contributed by atoms with Crippen LogP contribution in [0, 0.1) is 0 Å². The van der Waals surface area contributed by atoms with E-state index in [2.05, 4.69) is 30.4 Å². The summed E-state index contributed by atoms with van der Waals surface area (Å²) in [5, 5.41) is 14.0. The first-order valence-corrected chi connectivity index (χ1v) is 13.4. The minimum Gasteiger partial charge on any atom is -0.406 e. The molecular formula is C27H31ClF3N7O4. The van der Waals surface area contributed by atoms with E-state index in [-0.39, 0.29) is 31.0 Å². The molecule has 42 heavy (non-hydrogen) atoms. The monoisotopic (exact) mass is 609 g/mol. The van der Waals surface area contributed by atoms with E-state index in [0.717, 1.165) is 17.5 Å². The van der Waals surface area contributed by atoms with Gasteiger partial charge in [0.15, 0.2) is 5.82 Å². The fourth-order valence-corrected chi connectivity index (χ4v) is 4.29. The molecule has 3 aromatic rings. The van der Waals surface area contributed by atoms with Crippen LogP contribution in [0.2, 0.25) is 0 Å². The molecule has 11 nitrogen and oxygen atoms in total. The summed E-state index contributed by atoms with van der Waals surface area (Å²) < 4.78 is 41.5. The number of aromatic nitrogens is 2. The van der Waals surface area contributed by atoms with E-state index >= 15 is 0 Å². The van der Waals surface area contributed by atoms with Gasteiger partial charge in [-0.2, -0.15) is 0 Å². The van der Waals surface area contributed by atoms with Crippen molar-refractivity contribution in [2.45, 2.75) is 44.6 Å². The Balaban J connectivity index is 1.76. The lowest BCUT2D eigenvalue weighted by Crippen LogP contribution is -2.51. The molecule has 226 valence electrons. The van der Waals surface area contributed by atoms with Crippen LogP contribution in [0.5, 0.6) is 5.75 Å². The number of nitrogens with one attached hydrogen (secondary N) is 3. The van der Waals surface area contributed by atoms with Crippen LogP contribution in [-0.4, -0.2) is 70.9 Å². The fourth-order valence-electron chi connectivity index (χ4n) is 4.08. The van der Waals surface area contributed by atoms with Crippen molar-refractivity contribution in [3.8, 4) is 5.75 Å². The van der Waals surface area contributed by atoms with Crippen LogP contribution >= 0.6 is 11.8 Å². The highest BCUT2D eigenvalue weighted by atomic mass is 35.5. The van der Waals surface area contributed by atoms with Gasteiger partial charge in [-0.15, -0.1) is 23.4 Å². The first kappa shape index (κ1) is 32.5. The molecule has 0 aliphatic rings. The molecule has 1 heterocycles. The summed E-state index contributed by atoms with van der Waals surface area (Å²) in [6.45, 7) is 2.92. The van der Waals surface area contributed by atoms with Gasteiger partial charge in [-0.3, -0.25) is 14.4 Å². The highest BCUT2D eigenvalue weighted by Crippen LogP contribution is 2.23. The summed E-state index contributed by atoms with van der Waals surface area (Å²) in [6.07, 6.45) is -4.93. The Morgan fingerprint density at radius 1 is 1.05 bits per heavy atom. The third kappa shape index (κ3) is 9.82. The van der Waals surface area contributed by atoms with Crippen LogP contribution in [0.1, 0.15) is 25.3 Å². The molecule has 1 aromatic heterocycles. The molecule has 5 N–H and O–H groups in total. The summed E-state index contributed by atoms with van der Waals surface area (Å²) in [5.41, 5.74) is 6.58. The molecule has 0 spiro atoms. The van der Waals surface area contributed by atoms with E-state index in [0.29, 0.717) is 30.7 Å². The Bertz CT molecular complexity index is 1360. The van der Waals surface area contributed by atoms with E-state index in [1.54, 1.807) is 35.2 Å². The summed E-state index contributed by atoms with van der Waals surface area (Å²) in [5.74, 6) is -1.84. The molecule has 3 rings (SSSR count). The molecule has 0 fully saturated rings. The molecule has 0 radical (unpaired) electrons. The number of alkyl halides is 3. The predicted molar refractivity (Wildman–Crippen MR) is 150 cm³/mol. The number of carbonyl (C=O) groups excluding carboxylic acids is 3. The van der Waals surface area contributed by atoms with Crippen molar-refractivity contribution in [3.63, 3.8) is 0 Å². The van der Waals surface area contributed by atoms with Gasteiger partial charge in [0.2, 0.25) is 17.7 Å². The Labute approximate surface area is 245 Å². The first-order valence-electron chi connectivity index (χ1n) is 13.0. The summed E-state index contributed by atoms with van der Waals surface area (Å²) in [6, 6.07) is 11.4. The van der Waals surface area contributed by atoms with Crippen LogP contribution in [-0.2, 0) is 20.8 Å². The number of hydrogen-bond donors (Lipinski definition) is 4. The van der Waals surface area contributed by atoms with E-state index in [1.807, 2.05) is 6.92 Å². The van der Waals surface area contributed by atoms with E-state index < -0.39 is 36.0 Å². The lowest BCUT2D eigenvalue weighted by molar-refractivity contribution is -0.274. The van der Waals surface area contributed by atoms with Crippen molar-refractivity contribution in [2.24, 2.45) is 5.73 Å². The highest BCUT2D eigenvalue weighted by Gasteiger charge is 2.31. The number of anilines is 1. The van der Waals surface area contributed by atoms with Gasteiger partial charge in [-0.1, -0.05) is 30.3 Å². The number of halogens is 4. The highest BCUT2D eigenvalue weighted by molar-refractivity contribution is 6.15. The molecule has 15 heteroatoms. The molecule has 0 bridgehead atoms. The summed E-state index contributed by atoms with van der Waals surface area (Å²) in [7, 11) is 0. The topological polar surface area (TPSA) is 152 Å². The lowest BCUT2D eigenvalue weighted by atomic mass is 10.0. The third-order valence-corrected chi connectivity index (χ3v) is 6.47. The molecular weight excluding hydrogens is 579 g/mol. The zero-order chi connectivity index (χ0) is 30.7. The number of fused-ring (bicyclic) bond motifs is 1. The van der Waals surface area contributed by atoms with Crippen LogP contribution in [0.4, 0.5) is 19.0 Å². The number of nitrogens with two attached hydrogens (primary N) is 1. The number of hydrogen-bond acceptors (Lipinski definition) is 8. The average molecular weight is 610 g/mol. The third-order valence-electron chi connectivity index (χ3n) is 6.20. The van der Waals surface area contributed by atoms with Crippen molar-refractivity contribution in [1.82, 2.24) is 25.2 Å². The van der Waals surface area contributed by atoms with Crippen molar-refractivity contribution in [1.29, 1.82) is 0 Å². The maximum atomic E-state index is 13.3. The molecule has 2 atom stereocenters. The zero-order valence-corrected chi connectivity index (χ0v) is 23.4. The molecule has 2 unspecified atom stereocenters. The van der Waals surface area contributed by atoms with Gasteiger partial charge in [0.25, 0.3) is 0 Å². The number of benzene rings is 2. The quantitative estimate of drug-likeness (QED) is 0.204. The van der Waals surface area contributed by atoms with Crippen molar-refractivity contribution >= 4 is 46.2 Å². The van der Waals surface area contributed by atoms with Gasteiger partial charge in [0.1, 0.15) is 17.8 Å². The number of rotatable bonds is 14. The standard InChI is InChI=1S/C27H31ClF3N7O4/c1-2-38(14-13-32)24(39)12-11-21(35-28)25(40)33-22(15-17-7-9-19(10-8-17)42-27(29,30)31)26(41)34-23-16-18-5-3-4-6-20(18)36-37-23/h3-10,16,21-22,35H,2,11-15,32H2,1H3,(H,33,40)(H,34,37,41). The van der Waals surface area contributed by atoms with Crippen molar-refractivity contribution < 1.29 is 32.3 Å². The summed E-state index contributed by atoms with van der Waals surface area (Å²) in [4.78, 5) is 42.9. The minimum atomic E-state index is -4.86. The van der Waals surface area contributed by atoms with E-state index in [9.17, 15) is 27.6 Å². The van der Waals surface area contributed by atoms with Gasteiger partial charge in [-0.25, -0.2) is 4.84 Å². The Morgan fingerprint density at radius 2 is 1.76 bits per heavy atom. The number of amides is 3. The number of likely N-dealkylation sites (N-methyl/N-ethyl adjacent to an activating group) is 1. The van der Waals surface area contributed by atoms with Crippen LogP contribution in [0.25, 0.3) is 10.9 Å². The Morgan fingerprint density at radius 3 is 2.40 bits per heavy atom. The number of nitrogens with zero attached hydrogens (tertiary/aromatic N) is 3. The first-order chi connectivity index (χ1) is 20.0. The van der Waals surface area contributed by atoms with Crippen LogP contribution in [0.15, 0.2) is 54.6 Å². The Kier molecular flexibility index (Phi) is 11.8. The predicted octanol–water partition coefficient (Wildman–Crippen LogP) is 2.89. The molecule has 0 saturated carbocycles. The van der Waals surface area contributed by atoms with Crippen molar-refractivity contribution in [2.75, 3.05) is 25.0 Å². The number of carbonyl (C=O) groups is 3. The normalized spacial score (nSPS) is 12.8. The van der Waals surface area contributed by atoms with Crippen LogP contribution in [0.3, 0.4) is 0 Å². The smallest absolute Gasteiger partial charge is 0.406 e. The maximum absolute atomic E-state index is 13.3. The largest absolute Gasteiger partial charge is 0.573 e. The molecule has 3 amide bonds. The second-order valence-corrected chi connectivity index (χ2v) is 9.42. The van der Waals surface area contributed by atoms with Gasteiger partial charge < -0.3 is 26.0 Å². The second-order valence-electron chi connectivity index (χ2n) is 9.20. The van der Waals surface area contributed by atoms with E-state index in [1.165, 1.54) is 12.1 Å². The van der Waals surface area contributed by atoms with Gasteiger partial charge >= 0.3 is 6.36 Å². The van der Waals surface area contributed by atoms with Gasteiger partial charge in [-0.05, 0) is 55.0 Å².